The molecule has 1 rings (SSSR count). The highest BCUT2D eigenvalue weighted by molar-refractivity contribution is 5.72. The van der Waals surface area contributed by atoms with E-state index in [1.165, 1.54) is 0 Å². The fourth-order valence-electron chi connectivity index (χ4n) is 1.83. The van der Waals surface area contributed by atoms with Gasteiger partial charge in [0.25, 0.3) is 0 Å². The van der Waals surface area contributed by atoms with Crippen LogP contribution >= 0.6 is 0 Å². The number of nitrogens with zero attached hydrogens (tertiary/aromatic N) is 1. The second kappa shape index (κ2) is 5.61. The lowest BCUT2D eigenvalue weighted by molar-refractivity contribution is -0.154. The molecule has 0 aromatic carbocycles. The standard InChI is InChI=1S/C11H21NO4/c1-4-16-9(10(13)14)7-12-5-6-15-8-11(12,2)3/h9H,4-8H2,1-3H3,(H,13,14). The van der Waals surface area contributed by atoms with E-state index in [4.69, 9.17) is 14.6 Å². The van der Waals surface area contributed by atoms with Gasteiger partial charge in [-0.15, -0.1) is 0 Å². The second-order valence-electron chi connectivity index (χ2n) is 4.59. The van der Waals surface area contributed by atoms with Crippen LogP contribution < -0.4 is 0 Å². The SMILES string of the molecule is CCOC(CN1CCOCC1(C)C)C(=O)O. The van der Waals surface area contributed by atoms with Crippen molar-refractivity contribution in [1.29, 1.82) is 0 Å². The molecule has 5 heteroatoms. The predicted octanol–water partition coefficient (Wildman–Crippen LogP) is 0.587. The summed E-state index contributed by atoms with van der Waals surface area (Å²) >= 11 is 0. The van der Waals surface area contributed by atoms with Gasteiger partial charge in [0, 0.05) is 25.2 Å². The topological polar surface area (TPSA) is 59.0 Å². The van der Waals surface area contributed by atoms with Gasteiger partial charge in [-0.2, -0.15) is 0 Å². The molecule has 0 radical (unpaired) electrons. The molecule has 0 aromatic heterocycles. The summed E-state index contributed by atoms with van der Waals surface area (Å²) in [6.07, 6.45) is -0.748. The smallest absolute Gasteiger partial charge is 0.334 e. The van der Waals surface area contributed by atoms with Gasteiger partial charge in [-0.3, -0.25) is 4.90 Å². The van der Waals surface area contributed by atoms with Gasteiger partial charge in [0.15, 0.2) is 6.10 Å². The van der Waals surface area contributed by atoms with Crippen LogP contribution in [0.5, 0.6) is 0 Å². The maximum Gasteiger partial charge on any atom is 0.334 e. The molecule has 0 spiro atoms. The zero-order valence-electron chi connectivity index (χ0n) is 10.2. The van der Waals surface area contributed by atoms with E-state index in [-0.39, 0.29) is 5.54 Å². The lowest BCUT2D eigenvalue weighted by atomic mass is 10.0. The molecule has 1 aliphatic heterocycles. The molecule has 5 nitrogen and oxygen atoms in total. The van der Waals surface area contributed by atoms with Gasteiger partial charge in [-0.1, -0.05) is 0 Å². The fraction of sp³-hybridized carbons (Fsp3) is 0.909. The Morgan fingerprint density at radius 1 is 1.62 bits per heavy atom. The van der Waals surface area contributed by atoms with E-state index in [1.54, 1.807) is 6.92 Å². The maximum atomic E-state index is 11.0. The number of rotatable bonds is 5. The Balaban J connectivity index is 2.58. The van der Waals surface area contributed by atoms with Crippen molar-refractivity contribution in [2.24, 2.45) is 0 Å². The van der Waals surface area contributed by atoms with Gasteiger partial charge in [0.1, 0.15) is 0 Å². The van der Waals surface area contributed by atoms with Crippen molar-refractivity contribution in [3.8, 4) is 0 Å². The molecule has 1 saturated heterocycles. The summed E-state index contributed by atoms with van der Waals surface area (Å²) in [6, 6.07) is 0. The maximum absolute atomic E-state index is 11.0. The third-order valence-corrected chi connectivity index (χ3v) is 2.85. The summed E-state index contributed by atoms with van der Waals surface area (Å²) in [5.41, 5.74) is -0.122. The first-order chi connectivity index (χ1) is 7.47. The lowest BCUT2D eigenvalue weighted by Crippen LogP contribution is -2.56. The monoisotopic (exact) mass is 231 g/mol. The van der Waals surface area contributed by atoms with E-state index in [0.29, 0.717) is 26.4 Å². The molecule has 94 valence electrons. The summed E-state index contributed by atoms with van der Waals surface area (Å²) in [6.45, 7) is 8.78. The zero-order valence-corrected chi connectivity index (χ0v) is 10.2. The van der Waals surface area contributed by atoms with Crippen molar-refractivity contribution in [2.75, 3.05) is 32.9 Å². The van der Waals surface area contributed by atoms with E-state index in [0.717, 1.165) is 6.54 Å². The zero-order chi connectivity index (χ0) is 12.2. The average molecular weight is 231 g/mol. The van der Waals surface area contributed by atoms with Gasteiger partial charge in [-0.25, -0.2) is 4.79 Å². The van der Waals surface area contributed by atoms with Gasteiger partial charge in [0.05, 0.1) is 13.2 Å². The van der Waals surface area contributed by atoms with Crippen LogP contribution in [0.2, 0.25) is 0 Å². The van der Waals surface area contributed by atoms with Gasteiger partial charge in [0.2, 0.25) is 0 Å². The number of carboxylic acid groups (broad SMARTS) is 1. The van der Waals surface area contributed by atoms with Crippen molar-refractivity contribution in [2.45, 2.75) is 32.4 Å². The molecule has 0 aliphatic carbocycles. The molecule has 0 bridgehead atoms. The average Bonchev–Trinajstić information content (AvgIpc) is 2.19. The Hall–Kier alpha value is -0.650. The quantitative estimate of drug-likeness (QED) is 0.750. The molecule has 0 saturated carbocycles. The highest BCUT2D eigenvalue weighted by atomic mass is 16.5. The van der Waals surface area contributed by atoms with Crippen LogP contribution in [-0.2, 0) is 14.3 Å². The number of hydrogen-bond donors (Lipinski definition) is 1. The van der Waals surface area contributed by atoms with Crippen LogP contribution in [0.25, 0.3) is 0 Å². The highest BCUT2D eigenvalue weighted by Gasteiger charge is 2.33. The van der Waals surface area contributed by atoms with E-state index in [1.807, 2.05) is 0 Å². The fourth-order valence-corrected chi connectivity index (χ4v) is 1.83. The molecular weight excluding hydrogens is 210 g/mol. The Kier molecular flexibility index (Phi) is 4.70. The minimum atomic E-state index is -0.899. The normalized spacial score (nSPS) is 22.9. The van der Waals surface area contributed by atoms with Crippen LogP contribution in [0.15, 0.2) is 0 Å². The third kappa shape index (κ3) is 3.43. The molecule has 1 atom stereocenters. The largest absolute Gasteiger partial charge is 0.479 e. The summed E-state index contributed by atoms with van der Waals surface area (Å²) in [5.74, 6) is -0.899. The molecule has 1 N–H and O–H groups in total. The van der Waals surface area contributed by atoms with Crippen LogP contribution in [-0.4, -0.2) is 60.5 Å². The van der Waals surface area contributed by atoms with E-state index in [9.17, 15) is 4.79 Å². The van der Waals surface area contributed by atoms with Crippen molar-refractivity contribution < 1.29 is 19.4 Å². The van der Waals surface area contributed by atoms with Crippen molar-refractivity contribution >= 4 is 5.97 Å². The lowest BCUT2D eigenvalue weighted by Gasteiger charge is -2.42. The van der Waals surface area contributed by atoms with Crippen molar-refractivity contribution in [3.05, 3.63) is 0 Å². The number of ether oxygens (including phenoxy) is 2. The van der Waals surface area contributed by atoms with Gasteiger partial charge < -0.3 is 14.6 Å². The molecule has 16 heavy (non-hydrogen) atoms. The molecule has 0 aromatic rings. The molecule has 1 unspecified atom stereocenters. The predicted molar refractivity (Wildman–Crippen MR) is 59.5 cm³/mol. The number of morpholine rings is 1. The summed E-state index contributed by atoms with van der Waals surface area (Å²) < 4.78 is 10.6. The molecule has 1 fully saturated rings. The first-order valence-electron chi connectivity index (χ1n) is 5.64. The minimum Gasteiger partial charge on any atom is -0.479 e. The number of aliphatic carboxylic acids is 1. The third-order valence-electron chi connectivity index (χ3n) is 2.85. The number of carbonyl (C=O) groups is 1. The molecule has 0 amide bonds. The minimum absolute atomic E-state index is 0.122. The number of carboxylic acids is 1. The van der Waals surface area contributed by atoms with Crippen LogP contribution in [0.3, 0.4) is 0 Å². The second-order valence-corrected chi connectivity index (χ2v) is 4.59. The van der Waals surface area contributed by atoms with Gasteiger partial charge in [-0.05, 0) is 20.8 Å². The Bertz CT molecular complexity index is 242. The first kappa shape index (κ1) is 13.4. The Morgan fingerprint density at radius 2 is 2.31 bits per heavy atom. The molecule has 1 heterocycles. The summed E-state index contributed by atoms with van der Waals surface area (Å²) in [7, 11) is 0. The van der Waals surface area contributed by atoms with E-state index < -0.39 is 12.1 Å². The molecule has 1 aliphatic rings. The van der Waals surface area contributed by atoms with Crippen molar-refractivity contribution in [3.63, 3.8) is 0 Å². The van der Waals surface area contributed by atoms with Crippen LogP contribution in [0, 0.1) is 0 Å². The van der Waals surface area contributed by atoms with Crippen LogP contribution in [0.1, 0.15) is 20.8 Å². The van der Waals surface area contributed by atoms with E-state index >= 15 is 0 Å². The van der Waals surface area contributed by atoms with E-state index in [2.05, 4.69) is 18.7 Å². The Morgan fingerprint density at radius 3 is 2.81 bits per heavy atom. The van der Waals surface area contributed by atoms with Crippen molar-refractivity contribution in [1.82, 2.24) is 4.90 Å². The Labute approximate surface area is 96.3 Å². The first-order valence-corrected chi connectivity index (χ1v) is 5.64. The summed E-state index contributed by atoms with van der Waals surface area (Å²) in [4.78, 5) is 13.1. The number of hydrogen-bond acceptors (Lipinski definition) is 4. The highest BCUT2D eigenvalue weighted by Crippen LogP contribution is 2.19. The van der Waals surface area contributed by atoms with Gasteiger partial charge >= 0.3 is 5.97 Å². The van der Waals surface area contributed by atoms with Crippen LogP contribution in [0.4, 0.5) is 0 Å². The molecular formula is C11H21NO4. The summed E-state index contributed by atoms with van der Waals surface area (Å²) in [5, 5.41) is 9.02.